The number of carbonyl (C=O) groups is 3. The maximum Gasteiger partial charge on any atom is 0.261 e. The summed E-state index contributed by atoms with van der Waals surface area (Å²) in [6.07, 6.45) is 7.89. The number of aryl methyl sites for hydroxylation is 1. The molecule has 2 aromatic carbocycles. The summed E-state index contributed by atoms with van der Waals surface area (Å²) < 4.78 is 0. The van der Waals surface area contributed by atoms with Crippen LogP contribution in [0.1, 0.15) is 81.6 Å². The highest BCUT2D eigenvalue weighted by Crippen LogP contribution is 2.31. The summed E-state index contributed by atoms with van der Waals surface area (Å²) in [6.45, 7) is 0.587. The SMILES string of the molecule is O=C(NCCCCc1ccccc1)c1ccc2c(c1)C(=O)N(C1CCCCC1)C2=O. The van der Waals surface area contributed by atoms with Crippen molar-refractivity contribution in [3.05, 3.63) is 70.8 Å². The molecule has 0 aromatic heterocycles. The second-order valence-electron chi connectivity index (χ2n) is 8.23. The first kappa shape index (κ1) is 20.3. The average molecular weight is 405 g/mol. The van der Waals surface area contributed by atoms with Gasteiger partial charge in [-0.25, -0.2) is 0 Å². The minimum Gasteiger partial charge on any atom is -0.352 e. The molecule has 1 heterocycles. The van der Waals surface area contributed by atoms with Crippen molar-refractivity contribution < 1.29 is 14.4 Å². The summed E-state index contributed by atoms with van der Waals surface area (Å²) >= 11 is 0. The third kappa shape index (κ3) is 4.30. The summed E-state index contributed by atoms with van der Waals surface area (Å²) in [7, 11) is 0. The maximum absolute atomic E-state index is 12.9. The lowest BCUT2D eigenvalue weighted by Crippen LogP contribution is -2.40. The smallest absolute Gasteiger partial charge is 0.261 e. The van der Waals surface area contributed by atoms with Gasteiger partial charge in [-0.15, -0.1) is 0 Å². The summed E-state index contributed by atoms with van der Waals surface area (Å²) in [5.74, 6) is -0.664. The molecule has 1 saturated carbocycles. The van der Waals surface area contributed by atoms with Crippen LogP contribution < -0.4 is 5.32 Å². The van der Waals surface area contributed by atoms with Crippen molar-refractivity contribution in [3.63, 3.8) is 0 Å². The van der Waals surface area contributed by atoms with E-state index in [1.165, 1.54) is 10.5 Å². The van der Waals surface area contributed by atoms with E-state index >= 15 is 0 Å². The van der Waals surface area contributed by atoms with Gasteiger partial charge in [0.25, 0.3) is 17.7 Å². The van der Waals surface area contributed by atoms with Gasteiger partial charge in [-0.3, -0.25) is 19.3 Å². The van der Waals surface area contributed by atoms with E-state index in [9.17, 15) is 14.4 Å². The molecule has 3 amide bonds. The van der Waals surface area contributed by atoms with Gasteiger partial charge in [0.05, 0.1) is 11.1 Å². The van der Waals surface area contributed by atoms with Gasteiger partial charge in [-0.05, 0) is 55.9 Å². The molecule has 0 saturated heterocycles. The molecular weight excluding hydrogens is 376 g/mol. The van der Waals surface area contributed by atoms with Crippen molar-refractivity contribution >= 4 is 17.7 Å². The van der Waals surface area contributed by atoms with Crippen LogP contribution in [0, 0.1) is 0 Å². The summed E-state index contributed by atoms with van der Waals surface area (Å²) in [6, 6.07) is 15.1. The highest BCUT2D eigenvalue weighted by molar-refractivity contribution is 6.22. The van der Waals surface area contributed by atoms with Crippen LogP contribution in [0.3, 0.4) is 0 Å². The number of imide groups is 1. The molecule has 1 fully saturated rings. The molecule has 1 aliphatic carbocycles. The van der Waals surface area contributed by atoms with Gasteiger partial charge in [0.2, 0.25) is 0 Å². The zero-order chi connectivity index (χ0) is 20.9. The molecule has 2 aromatic rings. The van der Waals surface area contributed by atoms with Gasteiger partial charge in [-0.1, -0.05) is 49.6 Å². The predicted octanol–water partition coefficient (Wildman–Crippen LogP) is 4.37. The van der Waals surface area contributed by atoms with Crippen LogP contribution in [-0.2, 0) is 6.42 Å². The second-order valence-corrected chi connectivity index (χ2v) is 8.23. The molecule has 1 aliphatic heterocycles. The van der Waals surface area contributed by atoms with Crippen LogP contribution in [0.5, 0.6) is 0 Å². The maximum atomic E-state index is 12.9. The summed E-state index contributed by atoms with van der Waals surface area (Å²) in [5.41, 5.74) is 2.52. The van der Waals surface area contributed by atoms with Gasteiger partial charge in [-0.2, -0.15) is 0 Å². The zero-order valence-electron chi connectivity index (χ0n) is 17.2. The van der Waals surface area contributed by atoms with E-state index in [4.69, 9.17) is 0 Å². The van der Waals surface area contributed by atoms with Crippen molar-refractivity contribution in [2.75, 3.05) is 6.54 Å². The number of unbranched alkanes of at least 4 members (excludes halogenated alkanes) is 1. The third-order valence-corrected chi connectivity index (χ3v) is 6.14. The Labute approximate surface area is 177 Å². The highest BCUT2D eigenvalue weighted by Gasteiger charge is 2.40. The van der Waals surface area contributed by atoms with Crippen LogP contribution in [0.15, 0.2) is 48.5 Å². The number of hydrogen-bond donors (Lipinski definition) is 1. The Morgan fingerprint density at radius 2 is 1.63 bits per heavy atom. The molecule has 0 unspecified atom stereocenters. The number of nitrogens with one attached hydrogen (secondary N) is 1. The zero-order valence-corrected chi connectivity index (χ0v) is 17.2. The molecule has 0 radical (unpaired) electrons. The standard InChI is InChI=1S/C25H28N2O3/c28-23(26-16-8-7-11-18-9-3-1-4-10-18)19-14-15-21-22(17-19)25(30)27(24(21)29)20-12-5-2-6-13-20/h1,3-4,9-10,14-15,17,20H,2,5-8,11-13,16H2,(H,26,28). The second kappa shape index (κ2) is 9.24. The summed E-state index contributed by atoms with van der Waals surface area (Å²) in [5, 5.41) is 2.93. The van der Waals surface area contributed by atoms with E-state index < -0.39 is 0 Å². The van der Waals surface area contributed by atoms with E-state index in [1.54, 1.807) is 18.2 Å². The molecule has 30 heavy (non-hydrogen) atoms. The quantitative estimate of drug-likeness (QED) is 0.550. The number of rotatable bonds is 7. The lowest BCUT2D eigenvalue weighted by Gasteiger charge is -2.29. The van der Waals surface area contributed by atoms with Gasteiger partial charge in [0.1, 0.15) is 0 Å². The van der Waals surface area contributed by atoms with E-state index in [0.29, 0.717) is 23.2 Å². The van der Waals surface area contributed by atoms with Crippen LogP contribution in [0.2, 0.25) is 0 Å². The first-order valence-corrected chi connectivity index (χ1v) is 11.0. The Morgan fingerprint density at radius 1 is 0.900 bits per heavy atom. The Bertz CT molecular complexity index is 933. The fraction of sp³-hybridized carbons (Fsp3) is 0.400. The molecule has 5 nitrogen and oxygen atoms in total. The lowest BCUT2D eigenvalue weighted by molar-refractivity contribution is 0.0549. The van der Waals surface area contributed by atoms with Crippen LogP contribution in [0.25, 0.3) is 0 Å². The minimum absolute atomic E-state index is 0.00644. The highest BCUT2D eigenvalue weighted by atomic mass is 16.2. The van der Waals surface area contributed by atoms with Gasteiger partial charge >= 0.3 is 0 Å². The molecule has 5 heteroatoms. The first-order valence-electron chi connectivity index (χ1n) is 11.0. The van der Waals surface area contributed by atoms with Crippen LogP contribution >= 0.6 is 0 Å². The van der Waals surface area contributed by atoms with Gasteiger partial charge in [0.15, 0.2) is 0 Å². The Morgan fingerprint density at radius 3 is 2.40 bits per heavy atom. The van der Waals surface area contributed by atoms with Crippen molar-refractivity contribution in [3.8, 4) is 0 Å². The fourth-order valence-corrected chi connectivity index (χ4v) is 4.47. The van der Waals surface area contributed by atoms with Crippen LogP contribution in [0.4, 0.5) is 0 Å². The average Bonchev–Trinajstić information content (AvgIpc) is 3.04. The van der Waals surface area contributed by atoms with E-state index in [0.717, 1.165) is 51.4 Å². The lowest BCUT2D eigenvalue weighted by atomic mass is 9.94. The largest absolute Gasteiger partial charge is 0.352 e. The van der Waals surface area contributed by atoms with E-state index in [1.807, 2.05) is 18.2 Å². The summed E-state index contributed by atoms with van der Waals surface area (Å²) in [4.78, 5) is 39.6. The van der Waals surface area contributed by atoms with Gasteiger partial charge < -0.3 is 5.32 Å². The van der Waals surface area contributed by atoms with E-state index in [-0.39, 0.29) is 23.8 Å². The Balaban J connectivity index is 1.33. The topological polar surface area (TPSA) is 66.5 Å². The number of hydrogen-bond acceptors (Lipinski definition) is 3. The molecule has 1 N–H and O–H groups in total. The van der Waals surface area contributed by atoms with Crippen molar-refractivity contribution in [2.24, 2.45) is 0 Å². The predicted molar refractivity (Wildman–Crippen MR) is 116 cm³/mol. The van der Waals surface area contributed by atoms with Crippen molar-refractivity contribution in [1.82, 2.24) is 10.2 Å². The third-order valence-electron chi connectivity index (χ3n) is 6.14. The van der Waals surface area contributed by atoms with Crippen molar-refractivity contribution in [2.45, 2.75) is 57.4 Å². The van der Waals surface area contributed by atoms with Crippen LogP contribution in [-0.4, -0.2) is 35.2 Å². The molecule has 0 atom stereocenters. The van der Waals surface area contributed by atoms with E-state index in [2.05, 4.69) is 17.4 Å². The number of benzene rings is 2. The molecular formula is C25H28N2O3. The fourth-order valence-electron chi connectivity index (χ4n) is 4.47. The monoisotopic (exact) mass is 404 g/mol. The number of nitrogens with zero attached hydrogens (tertiary/aromatic N) is 1. The minimum atomic E-state index is -0.251. The molecule has 4 rings (SSSR count). The first-order chi connectivity index (χ1) is 14.6. The number of amides is 3. The molecule has 0 bridgehead atoms. The van der Waals surface area contributed by atoms with Gasteiger partial charge in [0, 0.05) is 18.2 Å². The van der Waals surface area contributed by atoms with Crippen molar-refractivity contribution in [1.29, 1.82) is 0 Å². The molecule has 156 valence electrons. The Kier molecular flexibility index (Phi) is 6.26. The Hall–Kier alpha value is -2.95. The molecule has 0 spiro atoms. The molecule has 2 aliphatic rings. The number of carbonyl (C=O) groups excluding carboxylic acids is 3. The number of fused-ring (bicyclic) bond motifs is 1. The normalized spacial score (nSPS) is 16.6.